The molecule has 166 valence electrons. The van der Waals surface area contributed by atoms with Crippen molar-refractivity contribution in [2.75, 3.05) is 27.9 Å². The van der Waals surface area contributed by atoms with Gasteiger partial charge >= 0.3 is 5.97 Å². The van der Waals surface area contributed by atoms with Crippen molar-refractivity contribution in [3.05, 3.63) is 89.5 Å². The maximum Gasteiger partial charge on any atom is 0.338 e. The number of ether oxygens (including phenoxy) is 4. The summed E-state index contributed by atoms with van der Waals surface area (Å²) in [4.78, 5) is 25.2. The molecule has 1 amide bonds. The van der Waals surface area contributed by atoms with Crippen LogP contribution in [0.4, 0.5) is 0 Å². The van der Waals surface area contributed by atoms with Crippen molar-refractivity contribution in [3.63, 3.8) is 0 Å². The van der Waals surface area contributed by atoms with Gasteiger partial charge in [-0.3, -0.25) is 4.79 Å². The summed E-state index contributed by atoms with van der Waals surface area (Å²) in [5.41, 5.74) is 2.01. The zero-order valence-electron chi connectivity index (χ0n) is 18.2. The molecule has 0 aliphatic rings. The van der Waals surface area contributed by atoms with Crippen LogP contribution in [-0.4, -0.2) is 39.8 Å². The predicted octanol–water partition coefficient (Wildman–Crippen LogP) is 3.78. The van der Waals surface area contributed by atoms with Crippen molar-refractivity contribution in [3.8, 4) is 17.2 Å². The largest absolute Gasteiger partial charge is 0.493 e. The Labute approximate surface area is 186 Å². The molecule has 7 nitrogen and oxygen atoms in total. The Bertz CT molecular complexity index is 988. The van der Waals surface area contributed by atoms with Crippen LogP contribution in [-0.2, 0) is 9.53 Å². The van der Waals surface area contributed by atoms with Crippen LogP contribution in [0.1, 0.15) is 27.5 Å². The number of rotatable bonds is 9. The van der Waals surface area contributed by atoms with Gasteiger partial charge in [0.1, 0.15) is 0 Å². The molecule has 0 aliphatic heterocycles. The molecule has 32 heavy (non-hydrogen) atoms. The van der Waals surface area contributed by atoms with Crippen LogP contribution in [0.5, 0.6) is 17.2 Å². The summed E-state index contributed by atoms with van der Waals surface area (Å²) in [6.45, 7) is -0.439. The third kappa shape index (κ3) is 5.37. The fourth-order valence-electron chi connectivity index (χ4n) is 3.27. The van der Waals surface area contributed by atoms with E-state index >= 15 is 0 Å². The van der Waals surface area contributed by atoms with E-state index in [-0.39, 0.29) is 11.6 Å². The molecule has 3 rings (SSSR count). The molecule has 3 aromatic carbocycles. The highest BCUT2D eigenvalue weighted by Gasteiger charge is 2.20. The first-order valence-corrected chi connectivity index (χ1v) is 9.93. The molecule has 0 aromatic heterocycles. The summed E-state index contributed by atoms with van der Waals surface area (Å²) >= 11 is 0. The first-order chi connectivity index (χ1) is 15.6. The van der Waals surface area contributed by atoms with Gasteiger partial charge < -0.3 is 24.3 Å². The maximum absolute atomic E-state index is 12.6. The highest BCUT2D eigenvalue weighted by atomic mass is 16.5. The van der Waals surface area contributed by atoms with Crippen LogP contribution in [0.15, 0.2) is 72.8 Å². The molecule has 3 aromatic rings. The lowest BCUT2D eigenvalue weighted by Crippen LogP contribution is -2.33. The second-order valence-electron chi connectivity index (χ2n) is 6.81. The quantitative estimate of drug-likeness (QED) is 0.515. The van der Waals surface area contributed by atoms with Crippen molar-refractivity contribution in [1.82, 2.24) is 5.32 Å². The molecule has 0 heterocycles. The fraction of sp³-hybridized carbons (Fsp3) is 0.200. The molecule has 0 saturated heterocycles. The molecular weight excluding hydrogens is 410 g/mol. The first kappa shape index (κ1) is 22.7. The van der Waals surface area contributed by atoms with E-state index in [4.69, 9.17) is 18.9 Å². The van der Waals surface area contributed by atoms with Gasteiger partial charge in [0.2, 0.25) is 5.75 Å². The minimum Gasteiger partial charge on any atom is -0.493 e. The molecule has 1 N–H and O–H groups in total. The van der Waals surface area contributed by atoms with Crippen LogP contribution in [0.3, 0.4) is 0 Å². The van der Waals surface area contributed by atoms with Gasteiger partial charge in [-0.05, 0) is 23.3 Å². The minimum atomic E-state index is -0.685. The van der Waals surface area contributed by atoms with Crippen LogP contribution < -0.4 is 19.5 Å². The summed E-state index contributed by atoms with van der Waals surface area (Å²) in [6.07, 6.45) is 0. The maximum atomic E-state index is 12.6. The van der Waals surface area contributed by atoms with E-state index in [1.165, 1.54) is 33.5 Å². The van der Waals surface area contributed by atoms with E-state index < -0.39 is 18.5 Å². The molecule has 0 saturated carbocycles. The van der Waals surface area contributed by atoms with Gasteiger partial charge in [0, 0.05) is 0 Å². The number of benzene rings is 3. The molecule has 7 heteroatoms. The zero-order chi connectivity index (χ0) is 22.9. The van der Waals surface area contributed by atoms with E-state index in [1.54, 1.807) is 0 Å². The number of carbonyl (C=O) groups is 2. The average Bonchev–Trinajstić information content (AvgIpc) is 2.85. The Morgan fingerprint density at radius 2 is 1.28 bits per heavy atom. The average molecular weight is 435 g/mol. The summed E-state index contributed by atoms with van der Waals surface area (Å²) in [5, 5.41) is 2.93. The zero-order valence-corrected chi connectivity index (χ0v) is 18.2. The summed E-state index contributed by atoms with van der Waals surface area (Å²) in [5.74, 6) is -0.121. The Balaban J connectivity index is 1.71. The van der Waals surface area contributed by atoms with Crippen LogP contribution in [0, 0.1) is 0 Å². The van der Waals surface area contributed by atoms with E-state index in [9.17, 15) is 9.59 Å². The third-order valence-corrected chi connectivity index (χ3v) is 4.81. The monoisotopic (exact) mass is 435 g/mol. The van der Waals surface area contributed by atoms with Crippen LogP contribution in [0.2, 0.25) is 0 Å². The number of hydrogen-bond donors (Lipinski definition) is 1. The lowest BCUT2D eigenvalue weighted by molar-refractivity contribution is -0.124. The number of methoxy groups -OCH3 is 3. The third-order valence-electron chi connectivity index (χ3n) is 4.81. The molecular formula is C25H25NO6. The molecule has 0 fully saturated rings. The normalized spacial score (nSPS) is 10.4. The van der Waals surface area contributed by atoms with Crippen molar-refractivity contribution in [1.29, 1.82) is 0 Å². The van der Waals surface area contributed by atoms with Crippen molar-refractivity contribution >= 4 is 11.9 Å². The lowest BCUT2D eigenvalue weighted by atomic mass is 9.99. The van der Waals surface area contributed by atoms with Crippen molar-refractivity contribution in [2.24, 2.45) is 0 Å². The highest BCUT2D eigenvalue weighted by molar-refractivity contribution is 5.93. The SMILES string of the molecule is COc1cc(C(=O)OCC(=O)NC(c2ccccc2)c2ccccc2)cc(OC)c1OC. The Hall–Kier alpha value is -4.00. The molecule has 0 unspecified atom stereocenters. The van der Waals surface area contributed by atoms with Crippen LogP contribution >= 0.6 is 0 Å². The van der Waals surface area contributed by atoms with E-state index in [2.05, 4.69) is 5.32 Å². The molecule has 0 atom stereocenters. The fourth-order valence-corrected chi connectivity index (χ4v) is 3.27. The van der Waals surface area contributed by atoms with E-state index in [1.807, 2.05) is 60.7 Å². The Kier molecular flexibility index (Phi) is 7.70. The minimum absolute atomic E-state index is 0.176. The van der Waals surface area contributed by atoms with Gasteiger partial charge in [-0.15, -0.1) is 0 Å². The Morgan fingerprint density at radius 3 is 1.72 bits per heavy atom. The van der Waals surface area contributed by atoms with Crippen LogP contribution in [0.25, 0.3) is 0 Å². The van der Waals surface area contributed by atoms with Gasteiger partial charge in [0.25, 0.3) is 5.91 Å². The van der Waals surface area contributed by atoms with Crippen molar-refractivity contribution in [2.45, 2.75) is 6.04 Å². The topological polar surface area (TPSA) is 83.1 Å². The number of esters is 1. The second-order valence-corrected chi connectivity index (χ2v) is 6.81. The number of nitrogens with one attached hydrogen (secondary N) is 1. The Morgan fingerprint density at radius 1 is 0.781 bits per heavy atom. The van der Waals surface area contributed by atoms with Gasteiger partial charge in [-0.25, -0.2) is 4.79 Å². The lowest BCUT2D eigenvalue weighted by Gasteiger charge is -2.20. The molecule has 0 radical (unpaired) electrons. The second kappa shape index (κ2) is 10.9. The number of carbonyl (C=O) groups excluding carboxylic acids is 2. The number of amides is 1. The first-order valence-electron chi connectivity index (χ1n) is 9.93. The van der Waals surface area contributed by atoms with Gasteiger partial charge in [0.15, 0.2) is 18.1 Å². The van der Waals surface area contributed by atoms with Gasteiger partial charge in [-0.2, -0.15) is 0 Å². The standard InChI is InChI=1S/C25H25NO6/c1-29-20-14-19(15-21(30-2)24(20)31-3)25(28)32-16-22(27)26-23(17-10-6-4-7-11-17)18-12-8-5-9-13-18/h4-15,23H,16H2,1-3H3,(H,26,27). The summed E-state index contributed by atoms with van der Waals surface area (Å²) in [7, 11) is 4.37. The number of hydrogen-bond acceptors (Lipinski definition) is 6. The highest BCUT2D eigenvalue weighted by Crippen LogP contribution is 2.38. The molecule has 0 aliphatic carbocycles. The van der Waals surface area contributed by atoms with Gasteiger partial charge in [-0.1, -0.05) is 60.7 Å². The molecule has 0 bridgehead atoms. The summed E-state index contributed by atoms with van der Waals surface area (Å²) < 4.78 is 21.0. The van der Waals surface area contributed by atoms with Crippen molar-refractivity contribution < 1.29 is 28.5 Å². The van der Waals surface area contributed by atoms with E-state index in [0.29, 0.717) is 17.2 Å². The predicted molar refractivity (Wildman–Crippen MR) is 119 cm³/mol. The van der Waals surface area contributed by atoms with Gasteiger partial charge in [0.05, 0.1) is 32.9 Å². The van der Waals surface area contributed by atoms with E-state index in [0.717, 1.165) is 11.1 Å². The smallest absolute Gasteiger partial charge is 0.338 e. The summed E-state index contributed by atoms with van der Waals surface area (Å²) in [6, 6.07) is 21.7. The molecule has 0 spiro atoms.